The molecule has 2 saturated heterocycles. The number of nitrogens with zero attached hydrogens (tertiary/aromatic N) is 2. The average molecular weight is 1320 g/mol. The van der Waals surface area contributed by atoms with Crippen LogP contribution in [0.5, 0.6) is 11.5 Å². The highest BCUT2D eigenvalue weighted by Gasteiger charge is 2.56. The van der Waals surface area contributed by atoms with Gasteiger partial charge in [-0.15, -0.1) is 0 Å². The first-order chi connectivity index (χ1) is 43.8. The summed E-state index contributed by atoms with van der Waals surface area (Å²) in [5.74, 6) is -11.7. The van der Waals surface area contributed by atoms with E-state index >= 15 is 0 Å². The number of hydrogen-bond acceptors (Lipinski definition) is 18. The van der Waals surface area contributed by atoms with Crippen LogP contribution in [0.4, 0.5) is 29.3 Å². The number of halogens is 4. The number of rotatable bonds is 18. The molecular formula is C66H81ClF3N5O16S. The van der Waals surface area contributed by atoms with Gasteiger partial charge in [-0.3, -0.25) is 24.2 Å². The monoisotopic (exact) mass is 1320 g/mol. The fourth-order valence-electron chi connectivity index (χ4n) is 12.5. The lowest BCUT2D eigenvalue weighted by molar-refractivity contribution is -0.278. The number of pyridine rings is 1. The van der Waals surface area contributed by atoms with E-state index in [1.54, 1.807) is 26.8 Å². The van der Waals surface area contributed by atoms with Crippen LogP contribution in [0.25, 0.3) is 0 Å². The molecule has 500 valence electrons. The first kappa shape index (κ1) is 72.6. The lowest BCUT2D eigenvalue weighted by atomic mass is 9.75. The summed E-state index contributed by atoms with van der Waals surface area (Å²) in [6, 6.07) is 9.87. The maximum atomic E-state index is 14.6. The number of Topliss-reactive ketones (excluding diaryl/α,β-unsaturated/α-hetero) is 2. The standard InChI is InChI=1S/C66H81ClF3N5O16S/c1-37-25-42(34-76)29-45(36-78)59-44(35-77)28-39(3)65(87,91-59)60(82)62(84)75-22-7-6-10-53(75)63(85)90-58(38(2)27-41-11-18-54(79)57(30-41)88-5)40(4)55(80)33-56(81)43(26-37)9-8-23-92-24-21-72-61(83)52-32-49(19-20-71-52)89-48-15-12-46(13-16-48)73-64(86)74-47-14-17-51(67)50(31-47)66(68,69)70/h12-17,19-20,26-27,31-32,34-36,39-45,53-55,57-59,79-80,87H,6-11,18,21-25,28-30,33H2,1-5H3,(H,72,83)(H2,73,74,86)/b37-26+,38-27+/t39-,40-,41+,42+,43-,44-,45-,53+,54-,55+,57-,58-,59+,65-/m1/s1. The summed E-state index contributed by atoms with van der Waals surface area (Å²) in [4.78, 5) is 127. The van der Waals surface area contributed by atoms with Crippen LogP contribution < -0.4 is 20.7 Å². The lowest BCUT2D eigenvalue weighted by Gasteiger charge is -2.45. The Morgan fingerprint density at radius 3 is 2.27 bits per heavy atom. The van der Waals surface area contributed by atoms with Gasteiger partial charge in [-0.1, -0.05) is 43.2 Å². The number of nitrogens with one attached hydrogen (secondary N) is 3. The van der Waals surface area contributed by atoms with E-state index in [9.17, 15) is 71.6 Å². The van der Waals surface area contributed by atoms with Gasteiger partial charge in [-0.2, -0.15) is 24.9 Å². The molecule has 92 heavy (non-hydrogen) atoms. The second-order valence-corrected chi connectivity index (χ2v) is 26.0. The van der Waals surface area contributed by atoms with Crippen molar-refractivity contribution < 1.29 is 90.6 Å². The number of thioether (sulfide) groups is 1. The summed E-state index contributed by atoms with van der Waals surface area (Å²) in [6.07, 6.45) is -0.619. The van der Waals surface area contributed by atoms with E-state index in [2.05, 4.69) is 20.9 Å². The van der Waals surface area contributed by atoms with Gasteiger partial charge in [0.25, 0.3) is 17.6 Å². The summed E-state index contributed by atoms with van der Waals surface area (Å²) in [5.41, 5.74) is 0.251. The molecule has 0 radical (unpaired) electrons. The van der Waals surface area contributed by atoms with Crippen molar-refractivity contribution in [3.05, 3.63) is 100 Å². The van der Waals surface area contributed by atoms with Crippen LogP contribution in [0.3, 0.4) is 0 Å². The van der Waals surface area contributed by atoms with Gasteiger partial charge in [0.05, 0.1) is 35.0 Å². The zero-order valence-electron chi connectivity index (χ0n) is 51.9. The molecule has 1 aliphatic carbocycles. The molecule has 2 aromatic carbocycles. The number of benzene rings is 2. The van der Waals surface area contributed by atoms with Crippen molar-refractivity contribution in [2.75, 3.05) is 42.3 Å². The van der Waals surface area contributed by atoms with Gasteiger partial charge < -0.3 is 69.5 Å². The van der Waals surface area contributed by atoms with E-state index in [1.165, 1.54) is 74.5 Å². The Morgan fingerprint density at radius 1 is 0.870 bits per heavy atom. The summed E-state index contributed by atoms with van der Waals surface area (Å²) in [5, 5.41) is 42.0. The van der Waals surface area contributed by atoms with Crippen LogP contribution >= 0.6 is 23.4 Å². The van der Waals surface area contributed by atoms with Crippen LogP contribution in [-0.2, 0) is 53.9 Å². The number of alkyl halides is 3. The number of carbonyl (C=O) groups is 9. The molecule has 7 rings (SSSR count). The van der Waals surface area contributed by atoms with Gasteiger partial charge in [0.15, 0.2) is 0 Å². The molecule has 3 aliphatic heterocycles. The number of piperidine rings is 1. The Bertz CT molecular complexity index is 3190. The number of ether oxygens (including phenoxy) is 4. The number of carbonyl (C=O) groups excluding carboxylic acids is 9. The third kappa shape index (κ3) is 19.1. The predicted molar refractivity (Wildman–Crippen MR) is 334 cm³/mol. The number of hydrogen-bond donors (Lipinski definition) is 6. The van der Waals surface area contributed by atoms with Crippen molar-refractivity contribution in [1.29, 1.82) is 0 Å². The number of aliphatic hydroxyl groups excluding tert-OH is 2. The normalized spacial score (nSPS) is 29.7. The fourth-order valence-corrected chi connectivity index (χ4v) is 13.5. The van der Waals surface area contributed by atoms with Crippen LogP contribution in [0, 0.1) is 41.4 Å². The van der Waals surface area contributed by atoms with E-state index in [0.29, 0.717) is 97.9 Å². The molecule has 21 nitrogen and oxygen atoms in total. The molecule has 4 aliphatic rings. The van der Waals surface area contributed by atoms with Crippen molar-refractivity contribution in [2.24, 2.45) is 41.4 Å². The van der Waals surface area contributed by atoms with Gasteiger partial charge in [-0.05, 0) is 150 Å². The summed E-state index contributed by atoms with van der Waals surface area (Å²) in [6.45, 7) is 6.70. The van der Waals surface area contributed by atoms with Crippen molar-refractivity contribution in [1.82, 2.24) is 15.2 Å². The molecule has 0 unspecified atom stereocenters. The molecule has 1 aromatic heterocycles. The highest BCUT2D eigenvalue weighted by Crippen LogP contribution is 2.42. The maximum Gasteiger partial charge on any atom is 0.417 e. The summed E-state index contributed by atoms with van der Waals surface area (Å²) >= 11 is 7.18. The molecule has 1 saturated carbocycles. The molecule has 0 spiro atoms. The van der Waals surface area contributed by atoms with Gasteiger partial charge in [0.2, 0.25) is 5.79 Å². The molecule has 6 N–H and O–H groups in total. The van der Waals surface area contributed by atoms with E-state index in [1.807, 2.05) is 6.08 Å². The largest absolute Gasteiger partial charge is 0.457 e. The molecule has 26 heteroatoms. The smallest absolute Gasteiger partial charge is 0.417 e. The van der Waals surface area contributed by atoms with E-state index in [-0.39, 0.29) is 74.0 Å². The Balaban J connectivity index is 1.02. The minimum atomic E-state index is -4.72. The molecule has 3 aromatic rings. The fraction of sp³-hybridized carbons (Fsp3) is 0.545. The van der Waals surface area contributed by atoms with Crippen molar-refractivity contribution in [3.8, 4) is 11.5 Å². The van der Waals surface area contributed by atoms with Crippen LogP contribution in [0.2, 0.25) is 5.02 Å². The number of cyclic esters (lactones) is 1. The second kappa shape index (κ2) is 33.3. The Kier molecular flexibility index (Phi) is 26.3. The number of anilines is 2. The second-order valence-electron chi connectivity index (χ2n) is 24.4. The Hall–Kier alpha value is -6.87. The minimum absolute atomic E-state index is 0.0504. The SMILES string of the molecule is CO[C@@H]1C[C@H](/C=C(\C)[C@H]2OC(=O)[C@@H]3CCCCN3C(=O)C(=O)[C@]3(O)O[C@H]([C@@H](C=O)C[C@@H](C=O)C/C(C)=C/[C@@H](CCCSCCNC(=O)c4cc(Oc5ccc(NC(=O)Nc6ccc(Cl)c(C(F)(F)F)c6)cc5)ccn4)C(=O)C[C@H](O)[C@H]2C)[C@@H](C=O)C[C@H]3C)CC[C@H]1O. The van der Waals surface area contributed by atoms with Gasteiger partial charge >= 0.3 is 18.2 Å². The zero-order valence-corrected chi connectivity index (χ0v) is 53.5. The first-order valence-corrected chi connectivity index (χ1v) is 32.4. The molecule has 4 amide bonds. The van der Waals surface area contributed by atoms with Crippen LogP contribution in [-0.4, -0.2) is 153 Å². The van der Waals surface area contributed by atoms with Crippen LogP contribution in [0.1, 0.15) is 121 Å². The molecular weight excluding hydrogens is 1240 g/mol. The quantitative estimate of drug-likeness (QED) is 0.0227. The van der Waals surface area contributed by atoms with Gasteiger partial charge in [0, 0.05) is 91.5 Å². The number of esters is 1. The topological polar surface area (TPSA) is 303 Å². The highest BCUT2D eigenvalue weighted by atomic mass is 35.5. The number of ketones is 2. The lowest BCUT2D eigenvalue weighted by Crippen LogP contribution is -2.63. The van der Waals surface area contributed by atoms with E-state index < -0.39 is 124 Å². The van der Waals surface area contributed by atoms with Gasteiger partial charge in [-0.25, -0.2) is 9.59 Å². The molecule has 3 fully saturated rings. The number of fused-ring (bicyclic) bond motifs is 3. The number of methoxy groups -OCH3 is 1. The van der Waals surface area contributed by atoms with Crippen molar-refractivity contribution in [2.45, 2.75) is 153 Å². The van der Waals surface area contributed by atoms with E-state index in [0.717, 1.165) is 17.0 Å². The first-order valence-electron chi connectivity index (χ1n) is 30.9. The van der Waals surface area contributed by atoms with Crippen molar-refractivity contribution >= 4 is 89.0 Å². The Labute approximate surface area is 541 Å². The zero-order chi connectivity index (χ0) is 67.0. The summed E-state index contributed by atoms with van der Waals surface area (Å²) < 4.78 is 63.7. The van der Waals surface area contributed by atoms with Crippen molar-refractivity contribution in [3.63, 3.8) is 0 Å². The third-order valence-electron chi connectivity index (χ3n) is 17.6. The minimum Gasteiger partial charge on any atom is -0.457 e. The predicted octanol–water partition coefficient (Wildman–Crippen LogP) is 9.29. The number of aldehydes is 3. The number of aliphatic hydroxyl groups is 3. The number of urea groups is 1. The average Bonchev–Trinajstić information content (AvgIpc) is 0.781. The maximum absolute atomic E-state index is 14.6. The number of allylic oxidation sites excluding steroid dienone is 3. The number of amides is 4. The number of aromatic nitrogens is 1. The molecule has 14 atom stereocenters. The third-order valence-corrected chi connectivity index (χ3v) is 19.0. The molecule has 2 bridgehead atoms. The van der Waals surface area contributed by atoms with Crippen LogP contribution in [0.15, 0.2) is 84.1 Å². The highest BCUT2D eigenvalue weighted by molar-refractivity contribution is 7.99. The van der Waals surface area contributed by atoms with Gasteiger partial charge in [0.1, 0.15) is 54.0 Å². The van der Waals surface area contributed by atoms with E-state index in [4.69, 9.17) is 30.5 Å². The summed E-state index contributed by atoms with van der Waals surface area (Å²) in [7, 11) is 1.51. The Morgan fingerprint density at radius 2 is 1.58 bits per heavy atom. The molecule has 4 heterocycles.